The van der Waals surface area contributed by atoms with Crippen LogP contribution in [0.15, 0.2) is 125 Å². The Bertz CT molecular complexity index is 3050. The van der Waals surface area contributed by atoms with Crippen LogP contribution in [0.3, 0.4) is 0 Å². The number of aliphatic imine (C=N–C) groups is 1. The van der Waals surface area contributed by atoms with Crippen molar-refractivity contribution in [2.24, 2.45) is 22.7 Å². The predicted molar refractivity (Wildman–Crippen MR) is 218 cm³/mol. The van der Waals surface area contributed by atoms with Crippen LogP contribution in [0.2, 0.25) is 5.02 Å². The maximum atomic E-state index is 14.3. The minimum atomic E-state index is -1.22. The molecule has 2 fully saturated rings. The number of H-pyrrole nitrogens is 1. The first-order valence-corrected chi connectivity index (χ1v) is 19.1. The molecule has 2 unspecified atom stereocenters. The fourth-order valence-electron chi connectivity index (χ4n) is 9.20. The molecule has 4 atom stereocenters. The van der Waals surface area contributed by atoms with Gasteiger partial charge in [-0.25, -0.2) is 19.3 Å². The second kappa shape index (κ2) is 12.9. The van der Waals surface area contributed by atoms with Crippen molar-refractivity contribution in [3.8, 4) is 11.6 Å². The molecule has 11 rings (SSSR count). The molecule has 13 heteroatoms. The van der Waals surface area contributed by atoms with E-state index in [4.69, 9.17) is 16.6 Å². The lowest BCUT2D eigenvalue weighted by Gasteiger charge is -2.32. The van der Waals surface area contributed by atoms with Gasteiger partial charge in [0.05, 0.1) is 50.4 Å². The van der Waals surface area contributed by atoms with Crippen LogP contribution < -0.4 is 15.8 Å². The molecule has 286 valence electrons. The number of nitrogens with one attached hydrogen (secondary N) is 2. The number of hydrogen-bond donors (Lipinski definition) is 3. The SMILES string of the molecule is CC(C)C1NC2(c3ccccc3-n3c2nc2ccccc2c3=O)[C@H]2C(=O)N(c3ccc(F)c(Cl)c3)C(=O)[C@@H]12.O=C1C(c2c(O)[nH]c3ccccc23)=Nc2ccccc21. The highest BCUT2D eigenvalue weighted by Crippen LogP contribution is 2.56. The molecule has 3 N–H and O–H groups in total. The number of nitrogens with zero attached hydrogens (tertiary/aromatic N) is 4. The van der Waals surface area contributed by atoms with Crippen molar-refractivity contribution in [3.05, 3.63) is 159 Å². The number of hydrogen-bond acceptors (Lipinski definition) is 8. The maximum Gasteiger partial charge on any atom is 0.266 e. The van der Waals surface area contributed by atoms with E-state index in [1.165, 1.54) is 12.1 Å². The van der Waals surface area contributed by atoms with Crippen molar-refractivity contribution in [2.45, 2.75) is 25.4 Å². The van der Waals surface area contributed by atoms with Crippen molar-refractivity contribution < 1.29 is 23.9 Å². The van der Waals surface area contributed by atoms with Crippen LogP contribution in [0, 0.1) is 23.6 Å². The number of carbonyl (C=O) groups excluding carboxylic acids is 3. The van der Waals surface area contributed by atoms with Gasteiger partial charge in [-0.05, 0) is 60.5 Å². The predicted octanol–water partition coefficient (Wildman–Crippen LogP) is 7.36. The van der Waals surface area contributed by atoms with E-state index >= 15 is 0 Å². The number of Topliss-reactive ketones (excluding diaryl/α,β-unsaturated/α-hetero) is 1. The molecule has 0 saturated carbocycles. The van der Waals surface area contributed by atoms with E-state index in [0.29, 0.717) is 44.9 Å². The molecule has 2 aromatic heterocycles. The second-order valence-corrected chi connectivity index (χ2v) is 15.6. The number of rotatable bonds is 3. The van der Waals surface area contributed by atoms with Gasteiger partial charge in [0.15, 0.2) is 5.88 Å². The fourth-order valence-corrected chi connectivity index (χ4v) is 9.38. The van der Waals surface area contributed by atoms with E-state index < -0.39 is 29.1 Å². The summed E-state index contributed by atoms with van der Waals surface area (Å²) in [5, 5.41) is 14.8. The van der Waals surface area contributed by atoms with Gasteiger partial charge in [0, 0.05) is 28.1 Å². The van der Waals surface area contributed by atoms with E-state index in [2.05, 4.69) is 15.3 Å². The van der Waals surface area contributed by atoms with Gasteiger partial charge in [-0.15, -0.1) is 0 Å². The summed E-state index contributed by atoms with van der Waals surface area (Å²) in [4.78, 5) is 67.9. The summed E-state index contributed by atoms with van der Waals surface area (Å²) in [7, 11) is 0. The number of fused-ring (bicyclic) bond motifs is 10. The van der Waals surface area contributed by atoms with Crippen molar-refractivity contribution in [2.75, 3.05) is 4.90 Å². The first kappa shape index (κ1) is 35.6. The number of carbonyl (C=O) groups is 3. The summed E-state index contributed by atoms with van der Waals surface area (Å²) in [5.74, 6) is -2.88. The Morgan fingerprint density at radius 2 is 1.55 bits per heavy atom. The lowest BCUT2D eigenvalue weighted by atomic mass is 9.75. The van der Waals surface area contributed by atoms with Gasteiger partial charge >= 0.3 is 0 Å². The first-order chi connectivity index (χ1) is 28.0. The van der Waals surface area contributed by atoms with E-state index in [-0.39, 0.29) is 45.8 Å². The molecule has 58 heavy (non-hydrogen) atoms. The highest BCUT2D eigenvalue weighted by Gasteiger charge is 2.70. The van der Waals surface area contributed by atoms with Gasteiger partial charge < -0.3 is 10.1 Å². The van der Waals surface area contributed by atoms with Crippen molar-refractivity contribution in [1.29, 1.82) is 0 Å². The Labute approximate surface area is 334 Å². The smallest absolute Gasteiger partial charge is 0.266 e. The van der Waals surface area contributed by atoms with Gasteiger partial charge in [0.1, 0.15) is 22.9 Å². The highest BCUT2D eigenvalue weighted by molar-refractivity contribution is 6.56. The lowest BCUT2D eigenvalue weighted by molar-refractivity contribution is -0.123. The molecule has 4 aliphatic heterocycles. The molecule has 7 aromatic rings. The van der Waals surface area contributed by atoms with Crippen LogP contribution in [0.4, 0.5) is 15.8 Å². The molecule has 0 bridgehead atoms. The number of halogens is 2. The molecular formula is C45H32ClFN6O5. The number of aromatic nitrogens is 3. The number of imide groups is 1. The van der Waals surface area contributed by atoms with Gasteiger partial charge in [-0.1, -0.05) is 86.1 Å². The topological polar surface area (TPSA) is 150 Å². The van der Waals surface area contributed by atoms with Crippen molar-refractivity contribution in [3.63, 3.8) is 0 Å². The third-order valence-electron chi connectivity index (χ3n) is 11.7. The molecule has 4 aliphatic rings. The molecule has 11 nitrogen and oxygen atoms in total. The summed E-state index contributed by atoms with van der Waals surface area (Å²) in [6, 6.07) is 32.6. The minimum absolute atomic E-state index is 0.0221. The van der Waals surface area contributed by atoms with Gasteiger partial charge in [-0.2, -0.15) is 0 Å². The Kier molecular flexibility index (Phi) is 7.92. The Balaban J connectivity index is 0.000000171. The third-order valence-corrected chi connectivity index (χ3v) is 12.0. The maximum absolute atomic E-state index is 14.3. The second-order valence-electron chi connectivity index (χ2n) is 15.1. The standard InChI is InChI=1S/C29H22ClFN4O3.C16H10N2O2/c1-14(2)24-22-23(27(38)34(26(22)37)15-11-12-19(31)18(30)13-15)29(33-24)17-8-4-6-10-21(17)35-25(36)16-7-3-5-9-20(16)32-28(29)35;19-15-10-6-2-4-8-12(10)17-14(15)13-9-5-1-3-7-11(9)18-16(13)20/h3-14,22-24,33H,1-2H3;1-8,18,20H/t22-,23-,24?,29?;/m1./s1. The number of para-hydroxylation sites is 4. The lowest BCUT2D eigenvalue weighted by Crippen LogP contribution is -2.51. The molecule has 2 saturated heterocycles. The average molecular weight is 791 g/mol. The molecule has 0 radical (unpaired) electrons. The zero-order chi connectivity index (χ0) is 40.2. The minimum Gasteiger partial charge on any atom is -0.494 e. The number of amides is 2. The zero-order valence-electron chi connectivity index (χ0n) is 30.9. The number of anilines is 1. The van der Waals surface area contributed by atoms with Crippen LogP contribution in [0.25, 0.3) is 27.5 Å². The molecule has 0 aliphatic carbocycles. The molecule has 1 spiro atoms. The van der Waals surface area contributed by atoms with Crippen LogP contribution in [-0.2, 0) is 15.1 Å². The van der Waals surface area contributed by atoms with E-state index in [9.17, 15) is 28.7 Å². The zero-order valence-corrected chi connectivity index (χ0v) is 31.7. The van der Waals surface area contributed by atoms with Crippen molar-refractivity contribution in [1.82, 2.24) is 19.9 Å². The van der Waals surface area contributed by atoms with Crippen LogP contribution >= 0.6 is 11.6 Å². The first-order valence-electron chi connectivity index (χ1n) is 18.8. The van der Waals surface area contributed by atoms with Crippen LogP contribution in [0.1, 0.15) is 41.2 Å². The average Bonchev–Trinajstić information content (AvgIpc) is 3.99. The van der Waals surface area contributed by atoms with Gasteiger partial charge in [0.2, 0.25) is 17.6 Å². The summed E-state index contributed by atoms with van der Waals surface area (Å²) in [5.41, 5.74) is 3.40. The number of aromatic hydroxyl groups is 1. The molecule has 2 amide bonds. The summed E-state index contributed by atoms with van der Waals surface area (Å²) in [6.07, 6.45) is 0. The quantitative estimate of drug-likeness (QED) is 0.158. The molecule has 5 aromatic carbocycles. The van der Waals surface area contributed by atoms with E-state index in [1.54, 1.807) is 34.9 Å². The van der Waals surface area contributed by atoms with Gasteiger partial charge in [0.25, 0.3) is 5.56 Å². The summed E-state index contributed by atoms with van der Waals surface area (Å²) < 4.78 is 15.5. The van der Waals surface area contributed by atoms with E-state index in [0.717, 1.165) is 27.4 Å². The Hall–Kier alpha value is -6.76. The number of aromatic amines is 1. The fraction of sp³-hybridized carbons (Fsp3) is 0.156. The number of ketones is 1. The monoisotopic (exact) mass is 790 g/mol. The Morgan fingerprint density at radius 1 is 0.845 bits per heavy atom. The van der Waals surface area contributed by atoms with Crippen molar-refractivity contribution >= 4 is 68.1 Å². The summed E-state index contributed by atoms with van der Waals surface area (Å²) >= 11 is 6.03. The largest absolute Gasteiger partial charge is 0.494 e. The Morgan fingerprint density at radius 3 is 2.33 bits per heavy atom. The third kappa shape index (κ3) is 4.88. The number of benzene rings is 5. The van der Waals surface area contributed by atoms with Gasteiger partial charge in [-0.3, -0.25) is 29.1 Å². The highest BCUT2D eigenvalue weighted by atomic mass is 35.5. The molecule has 6 heterocycles. The molecular weight excluding hydrogens is 759 g/mol. The summed E-state index contributed by atoms with van der Waals surface area (Å²) in [6.45, 7) is 3.98. The van der Waals surface area contributed by atoms with E-state index in [1.807, 2.05) is 80.6 Å². The van der Waals surface area contributed by atoms with Crippen LogP contribution in [0.5, 0.6) is 5.88 Å². The van der Waals surface area contributed by atoms with Crippen LogP contribution in [-0.4, -0.2) is 49.0 Å². The normalized spacial score (nSPS) is 21.4.